The smallest absolute Gasteiger partial charge is 0.305 e. The first-order valence-corrected chi connectivity index (χ1v) is 6.79. The van der Waals surface area contributed by atoms with E-state index in [0.717, 1.165) is 19.3 Å². The number of amides is 1. The molecular weight excluding hydrogens is 261 g/mol. The molecule has 1 unspecified atom stereocenters. The maximum Gasteiger partial charge on any atom is 0.305 e. The summed E-state index contributed by atoms with van der Waals surface area (Å²) in [6, 6.07) is 4.88. The zero-order valence-electron chi connectivity index (χ0n) is 11.6. The molecule has 0 bridgehead atoms. The lowest BCUT2D eigenvalue weighted by Gasteiger charge is -2.17. The van der Waals surface area contributed by atoms with Crippen molar-refractivity contribution in [3.8, 4) is 0 Å². The van der Waals surface area contributed by atoms with Crippen LogP contribution in [-0.2, 0) is 9.59 Å². The summed E-state index contributed by atoms with van der Waals surface area (Å²) in [4.78, 5) is 22.6. The Bertz CT molecular complexity index is 445. The van der Waals surface area contributed by atoms with E-state index < -0.39 is 17.8 Å². The molecule has 0 aliphatic carbocycles. The van der Waals surface area contributed by atoms with Gasteiger partial charge in [0.1, 0.15) is 5.82 Å². The lowest BCUT2D eigenvalue weighted by molar-refractivity contribution is -0.137. The highest BCUT2D eigenvalue weighted by molar-refractivity contribution is 5.77. The average molecular weight is 281 g/mol. The Hall–Kier alpha value is -1.91. The van der Waals surface area contributed by atoms with Crippen LogP contribution in [0.2, 0.25) is 0 Å². The summed E-state index contributed by atoms with van der Waals surface area (Å²) in [6.45, 7) is 2.05. The minimum Gasteiger partial charge on any atom is -0.481 e. The zero-order chi connectivity index (χ0) is 15.0. The molecule has 0 saturated carbocycles. The first-order chi connectivity index (χ1) is 9.52. The Morgan fingerprint density at radius 1 is 1.25 bits per heavy atom. The number of carbonyl (C=O) groups is 2. The van der Waals surface area contributed by atoms with Gasteiger partial charge in [-0.15, -0.1) is 0 Å². The maximum absolute atomic E-state index is 12.9. The molecular formula is C15H20FNO3. The van der Waals surface area contributed by atoms with Crippen LogP contribution in [0.4, 0.5) is 4.39 Å². The number of carboxylic acids is 1. The Kier molecular flexibility index (Phi) is 6.70. The number of unbranched alkanes of at least 4 members (excludes halogenated alkanes) is 2. The van der Waals surface area contributed by atoms with Crippen LogP contribution < -0.4 is 5.32 Å². The fraction of sp³-hybridized carbons (Fsp3) is 0.467. The summed E-state index contributed by atoms with van der Waals surface area (Å²) in [7, 11) is 0. The second-order valence-corrected chi connectivity index (χ2v) is 4.73. The van der Waals surface area contributed by atoms with Crippen LogP contribution in [0.25, 0.3) is 0 Å². The molecule has 1 rings (SSSR count). The molecule has 0 fully saturated rings. The molecule has 1 atom stereocenters. The number of carboxylic acid groups (broad SMARTS) is 1. The van der Waals surface area contributed by atoms with Gasteiger partial charge in [0.25, 0.3) is 0 Å². The van der Waals surface area contributed by atoms with E-state index >= 15 is 0 Å². The molecule has 1 aromatic carbocycles. The van der Waals surface area contributed by atoms with Gasteiger partial charge in [-0.25, -0.2) is 4.39 Å². The Balaban J connectivity index is 2.67. The normalized spacial score (nSPS) is 11.9. The van der Waals surface area contributed by atoms with Gasteiger partial charge in [-0.3, -0.25) is 9.59 Å². The van der Waals surface area contributed by atoms with Crippen molar-refractivity contribution in [2.24, 2.45) is 0 Å². The summed E-state index contributed by atoms with van der Waals surface area (Å²) >= 11 is 0. The van der Waals surface area contributed by atoms with Gasteiger partial charge in [0.05, 0.1) is 12.5 Å². The third-order valence-electron chi connectivity index (χ3n) is 2.99. The minimum atomic E-state index is -1.01. The molecule has 1 amide bonds. The number of rotatable bonds is 8. The summed E-state index contributed by atoms with van der Waals surface area (Å²) in [5, 5.41) is 11.6. The van der Waals surface area contributed by atoms with Gasteiger partial charge < -0.3 is 10.4 Å². The lowest BCUT2D eigenvalue weighted by atomic mass is 10.0. The van der Waals surface area contributed by atoms with Gasteiger partial charge >= 0.3 is 5.97 Å². The molecule has 20 heavy (non-hydrogen) atoms. The third kappa shape index (κ3) is 5.82. The minimum absolute atomic E-state index is 0.172. The summed E-state index contributed by atoms with van der Waals surface area (Å²) < 4.78 is 12.9. The molecule has 0 saturated heterocycles. The lowest BCUT2D eigenvalue weighted by Crippen LogP contribution is -2.30. The number of carbonyl (C=O) groups excluding carboxylic acids is 1. The fourth-order valence-electron chi connectivity index (χ4n) is 1.92. The second kappa shape index (κ2) is 8.30. The first kappa shape index (κ1) is 16.1. The Morgan fingerprint density at radius 3 is 2.45 bits per heavy atom. The van der Waals surface area contributed by atoms with Gasteiger partial charge in [0.2, 0.25) is 5.91 Å². The quantitative estimate of drug-likeness (QED) is 0.720. The number of aliphatic carboxylic acids is 1. The number of halogens is 1. The van der Waals surface area contributed by atoms with Gasteiger partial charge in [-0.2, -0.15) is 0 Å². The van der Waals surface area contributed by atoms with E-state index in [0.29, 0.717) is 12.0 Å². The van der Waals surface area contributed by atoms with Crippen LogP contribution in [0, 0.1) is 5.82 Å². The predicted octanol–water partition coefficient (Wildman–Crippen LogP) is 3.04. The van der Waals surface area contributed by atoms with Crippen molar-refractivity contribution in [2.45, 2.75) is 45.1 Å². The first-order valence-electron chi connectivity index (χ1n) is 6.79. The van der Waals surface area contributed by atoms with Crippen LogP contribution >= 0.6 is 0 Å². The monoisotopic (exact) mass is 281 g/mol. The van der Waals surface area contributed by atoms with Crippen molar-refractivity contribution in [2.75, 3.05) is 0 Å². The van der Waals surface area contributed by atoms with Gasteiger partial charge in [0.15, 0.2) is 0 Å². The van der Waals surface area contributed by atoms with Crippen molar-refractivity contribution in [3.05, 3.63) is 35.6 Å². The van der Waals surface area contributed by atoms with Crippen LogP contribution in [0.1, 0.15) is 50.6 Å². The SMILES string of the molecule is CCCCCC(=O)NC(CC(=O)O)c1ccc(F)cc1. The molecule has 1 aromatic rings. The van der Waals surface area contributed by atoms with E-state index in [-0.39, 0.29) is 12.3 Å². The van der Waals surface area contributed by atoms with Gasteiger partial charge in [-0.05, 0) is 24.1 Å². The Morgan fingerprint density at radius 2 is 1.90 bits per heavy atom. The molecule has 0 spiro atoms. The van der Waals surface area contributed by atoms with E-state index in [1.165, 1.54) is 24.3 Å². The highest BCUT2D eigenvalue weighted by atomic mass is 19.1. The number of benzene rings is 1. The standard InChI is InChI=1S/C15H20FNO3/c1-2-3-4-5-14(18)17-13(10-15(19)20)11-6-8-12(16)9-7-11/h6-9,13H,2-5,10H2,1H3,(H,17,18)(H,19,20). The molecule has 5 heteroatoms. The summed E-state index contributed by atoms with van der Waals surface area (Å²) in [5.41, 5.74) is 0.595. The zero-order valence-corrected chi connectivity index (χ0v) is 11.6. The second-order valence-electron chi connectivity index (χ2n) is 4.73. The van der Waals surface area contributed by atoms with Gasteiger partial charge in [0, 0.05) is 6.42 Å². The maximum atomic E-state index is 12.9. The van der Waals surface area contributed by atoms with Crippen molar-refractivity contribution in [1.29, 1.82) is 0 Å². The topological polar surface area (TPSA) is 66.4 Å². The summed E-state index contributed by atoms with van der Waals surface area (Å²) in [5.74, 6) is -1.57. The third-order valence-corrected chi connectivity index (χ3v) is 2.99. The molecule has 0 aromatic heterocycles. The average Bonchev–Trinajstić information content (AvgIpc) is 2.38. The molecule has 0 heterocycles. The van der Waals surface area contributed by atoms with E-state index in [1.54, 1.807) is 0 Å². The molecule has 0 aliphatic heterocycles. The Labute approximate surface area is 118 Å². The molecule has 0 aliphatic rings. The van der Waals surface area contributed by atoms with Crippen LogP contribution in [0.15, 0.2) is 24.3 Å². The largest absolute Gasteiger partial charge is 0.481 e. The highest BCUT2D eigenvalue weighted by Crippen LogP contribution is 2.18. The van der Waals surface area contributed by atoms with E-state index in [9.17, 15) is 14.0 Å². The summed E-state index contributed by atoms with van der Waals surface area (Å²) in [6.07, 6.45) is 2.93. The number of nitrogens with one attached hydrogen (secondary N) is 1. The van der Waals surface area contributed by atoms with E-state index in [1.807, 2.05) is 6.92 Å². The highest BCUT2D eigenvalue weighted by Gasteiger charge is 2.17. The molecule has 4 nitrogen and oxygen atoms in total. The van der Waals surface area contributed by atoms with Crippen LogP contribution in [-0.4, -0.2) is 17.0 Å². The van der Waals surface area contributed by atoms with Crippen molar-refractivity contribution < 1.29 is 19.1 Å². The van der Waals surface area contributed by atoms with E-state index in [4.69, 9.17) is 5.11 Å². The number of hydrogen-bond donors (Lipinski definition) is 2. The van der Waals surface area contributed by atoms with Gasteiger partial charge in [-0.1, -0.05) is 31.9 Å². The number of hydrogen-bond acceptors (Lipinski definition) is 2. The van der Waals surface area contributed by atoms with Crippen LogP contribution in [0.5, 0.6) is 0 Å². The van der Waals surface area contributed by atoms with Crippen LogP contribution in [0.3, 0.4) is 0 Å². The molecule has 110 valence electrons. The molecule has 2 N–H and O–H groups in total. The molecule has 0 radical (unpaired) electrons. The van der Waals surface area contributed by atoms with Crippen molar-refractivity contribution in [1.82, 2.24) is 5.32 Å². The fourth-order valence-corrected chi connectivity index (χ4v) is 1.92. The predicted molar refractivity (Wildman–Crippen MR) is 73.7 cm³/mol. The van der Waals surface area contributed by atoms with E-state index in [2.05, 4.69) is 5.32 Å². The van der Waals surface area contributed by atoms with Crippen molar-refractivity contribution >= 4 is 11.9 Å². The van der Waals surface area contributed by atoms with Crippen molar-refractivity contribution in [3.63, 3.8) is 0 Å².